The van der Waals surface area contributed by atoms with Crippen molar-refractivity contribution >= 4 is 11.8 Å². The molecule has 0 spiro atoms. The maximum absolute atomic E-state index is 12.0. The Hall–Kier alpha value is -2.96. The van der Waals surface area contributed by atoms with Gasteiger partial charge >= 0.3 is 0 Å². The number of rotatable bonds is 3. The van der Waals surface area contributed by atoms with Crippen LogP contribution in [0.4, 0.5) is 5.88 Å². The van der Waals surface area contributed by atoms with Gasteiger partial charge in [-0.2, -0.15) is 5.10 Å². The minimum atomic E-state index is -0.345. The van der Waals surface area contributed by atoms with Crippen LogP contribution in [0.2, 0.25) is 0 Å². The molecule has 1 N–H and O–H groups in total. The smallest absolute Gasteiger partial charge is 0.278 e. The van der Waals surface area contributed by atoms with Crippen molar-refractivity contribution in [2.24, 2.45) is 7.05 Å². The van der Waals surface area contributed by atoms with E-state index in [2.05, 4.69) is 20.6 Å². The number of nitrogens with zero attached hydrogens (tertiary/aromatic N) is 4. The van der Waals surface area contributed by atoms with Gasteiger partial charge < -0.3 is 4.52 Å². The largest absolute Gasteiger partial charge is 0.338 e. The number of nitrogens with one attached hydrogen (secondary N) is 1. The number of anilines is 1. The molecule has 0 atom stereocenters. The first-order chi connectivity index (χ1) is 10.1. The highest BCUT2D eigenvalue weighted by molar-refractivity contribution is 6.02. The van der Waals surface area contributed by atoms with Crippen LogP contribution in [-0.4, -0.2) is 25.8 Å². The molecular weight excluding hydrogens is 270 g/mol. The van der Waals surface area contributed by atoms with Gasteiger partial charge in [0.05, 0.1) is 5.69 Å². The van der Waals surface area contributed by atoms with Gasteiger partial charge in [-0.25, -0.2) is 0 Å². The predicted molar refractivity (Wildman–Crippen MR) is 75.6 cm³/mol. The molecule has 7 nitrogen and oxygen atoms in total. The lowest BCUT2D eigenvalue weighted by Gasteiger charge is -1.96. The summed E-state index contributed by atoms with van der Waals surface area (Å²) in [6.45, 7) is 1.87. The van der Waals surface area contributed by atoms with Gasteiger partial charge in [-0.3, -0.25) is 19.8 Å². The molecule has 0 fully saturated rings. The number of pyridine rings is 1. The second kappa shape index (κ2) is 5.20. The van der Waals surface area contributed by atoms with Crippen LogP contribution in [0.3, 0.4) is 0 Å². The minimum absolute atomic E-state index is 0.254. The third kappa shape index (κ3) is 2.66. The number of carbonyl (C=O) groups is 1. The van der Waals surface area contributed by atoms with Gasteiger partial charge in [0, 0.05) is 25.0 Å². The normalized spacial score (nSPS) is 10.6. The van der Waals surface area contributed by atoms with Crippen LogP contribution in [0, 0.1) is 6.92 Å². The van der Waals surface area contributed by atoms with E-state index in [1.165, 1.54) is 0 Å². The monoisotopic (exact) mass is 283 g/mol. The van der Waals surface area contributed by atoms with Crippen LogP contribution in [0.5, 0.6) is 0 Å². The molecule has 0 bridgehead atoms. The summed E-state index contributed by atoms with van der Waals surface area (Å²) in [5.41, 5.74) is 2.45. The van der Waals surface area contributed by atoms with Crippen LogP contribution in [0.1, 0.15) is 16.2 Å². The first-order valence-electron chi connectivity index (χ1n) is 6.33. The molecule has 7 heteroatoms. The topological polar surface area (TPSA) is 85.8 Å². The van der Waals surface area contributed by atoms with Crippen LogP contribution >= 0.6 is 0 Å². The molecule has 0 unspecified atom stereocenters. The van der Waals surface area contributed by atoms with Gasteiger partial charge in [0.25, 0.3) is 5.91 Å². The lowest BCUT2D eigenvalue weighted by molar-refractivity contribution is 0.101. The quantitative estimate of drug-likeness (QED) is 0.794. The molecule has 3 heterocycles. The van der Waals surface area contributed by atoms with E-state index >= 15 is 0 Å². The molecule has 0 aliphatic carbocycles. The number of carbonyl (C=O) groups excluding carboxylic acids is 1. The average Bonchev–Trinajstić information content (AvgIpc) is 3.08. The average molecular weight is 283 g/mol. The van der Waals surface area contributed by atoms with Gasteiger partial charge in [-0.15, -0.1) is 0 Å². The number of hydrogen-bond donors (Lipinski definition) is 1. The Bertz CT molecular complexity index is 756. The van der Waals surface area contributed by atoms with Crippen molar-refractivity contribution in [3.8, 4) is 11.4 Å². The molecule has 0 saturated heterocycles. The first kappa shape index (κ1) is 13.0. The summed E-state index contributed by atoms with van der Waals surface area (Å²) in [4.78, 5) is 16.2. The maximum atomic E-state index is 12.0. The van der Waals surface area contributed by atoms with Gasteiger partial charge in [-0.05, 0) is 25.1 Å². The summed E-state index contributed by atoms with van der Waals surface area (Å²) in [7, 11) is 1.78. The summed E-state index contributed by atoms with van der Waals surface area (Å²) in [5, 5.41) is 10.6. The fourth-order valence-electron chi connectivity index (χ4n) is 1.82. The third-order valence-electron chi connectivity index (χ3n) is 3.02. The SMILES string of the molecule is Cc1cc(C(=O)Nc2cc(-c3ccccn3)no2)nn1C. The Kier molecular flexibility index (Phi) is 3.23. The number of hydrogen-bond acceptors (Lipinski definition) is 5. The van der Waals surface area contributed by atoms with E-state index in [9.17, 15) is 4.79 Å². The van der Waals surface area contributed by atoms with Gasteiger partial charge in [0.2, 0.25) is 5.88 Å². The fourth-order valence-corrected chi connectivity index (χ4v) is 1.82. The highest BCUT2D eigenvalue weighted by Crippen LogP contribution is 2.19. The molecule has 3 aromatic rings. The Morgan fingerprint density at radius 3 is 2.81 bits per heavy atom. The standard InChI is InChI=1S/C14H13N5O2/c1-9-7-12(17-19(9)2)14(20)16-13-8-11(18-21-13)10-5-3-4-6-15-10/h3-8H,1-2H3,(H,16,20). The van der Waals surface area contributed by atoms with E-state index in [1.807, 2.05) is 25.1 Å². The highest BCUT2D eigenvalue weighted by atomic mass is 16.5. The summed E-state index contributed by atoms with van der Waals surface area (Å²) in [6.07, 6.45) is 1.67. The molecule has 0 saturated carbocycles. The Morgan fingerprint density at radius 2 is 2.14 bits per heavy atom. The van der Waals surface area contributed by atoms with Crippen LogP contribution in [-0.2, 0) is 7.05 Å². The van der Waals surface area contributed by atoms with Crippen molar-refractivity contribution in [3.05, 3.63) is 47.9 Å². The Balaban J connectivity index is 1.77. The molecule has 3 aromatic heterocycles. The minimum Gasteiger partial charge on any atom is -0.338 e. The molecular formula is C14H13N5O2. The highest BCUT2D eigenvalue weighted by Gasteiger charge is 2.14. The van der Waals surface area contributed by atoms with Gasteiger partial charge in [-0.1, -0.05) is 11.2 Å². The molecule has 0 radical (unpaired) electrons. The lowest BCUT2D eigenvalue weighted by atomic mass is 10.3. The first-order valence-corrected chi connectivity index (χ1v) is 6.33. The molecule has 0 aromatic carbocycles. The number of amides is 1. The fraction of sp³-hybridized carbons (Fsp3) is 0.143. The predicted octanol–water partition coefficient (Wildman–Crippen LogP) is 2.03. The van der Waals surface area contributed by atoms with Crippen molar-refractivity contribution in [2.45, 2.75) is 6.92 Å². The Morgan fingerprint density at radius 1 is 1.29 bits per heavy atom. The van der Waals surface area contributed by atoms with E-state index in [0.717, 1.165) is 5.69 Å². The third-order valence-corrected chi connectivity index (χ3v) is 3.02. The molecule has 3 rings (SSSR count). The zero-order chi connectivity index (χ0) is 14.8. The molecule has 21 heavy (non-hydrogen) atoms. The summed E-state index contributed by atoms with van der Waals surface area (Å²) in [6, 6.07) is 8.80. The van der Waals surface area contributed by atoms with Gasteiger partial charge in [0.15, 0.2) is 5.69 Å². The zero-order valence-electron chi connectivity index (χ0n) is 11.6. The number of aryl methyl sites for hydroxylation is 2. The second-order valence-corrected chi connectivity index (χ2v) is 4.54. The van der Waals surface area contributed by atoms with E-state index in [0.29, 0.717) is 17.1 Å². The van der Waals surface area contributed by atoms with Crippen molar-refractivity contribution in [1.82, 2.24) is 19.9 Å². The van der Waals surface area contributed by atoms with Gasteiger partial charge in [0.1, 0.15) is 5.69 Å². The zero-order valence-corrected chi connectivity index (χ0v) is 11.6. The van der Waals surface area contributed by atoms with Crippen LogP contribution in [0.25, 0.3) is 11.4 Å². The number of aromatic nitrogens is 4. The van der Waals surface area contributed by atoms with Crippen LogP contribution < -0.4 is 5.32 Å². The maximum Gasteiger partial charge on any atom is 0.278 e. The summed E-state index contributed by atoms with van der Waals surface area (Å²) < 4.78 is 6.73. The van der Waals surface area contributed by atoms with Crippen molar-refractivity contribution in [1.29, 1.82) is 0 Å². The van der Waals surface area contributed by atoms with Crippen molar-refractivity contribution in [3.63, 3.8) is 0 Å². The summed E-state index contributed by atoms with van der Waals surface area (Å²) >= 11 is 0. The molecule has 0 aliphatic rings. The van der Waals surface area contributed by atoms with E-state index in [-0.39, 0.29) is 11.8 Å². The van der Waals surface area contributed by atoms with Crippen molar-refractivity contribution in [2.75, 3.05) is 5.32 Å². The molecule has 0 aliphatic heterocycles. The summed E-state index contributed by atoms with van der Waals surface area (Å²) in [5.74, 6) is -0.0913. The Labute approximate surface area is 120 Å². The van der Waals surface area contributed by atoms with Crippen molar-refractivity contribution < 1.29 is 9.32 Å². The van der Waals surface area contributed by atoms with E-state index in [1.54, 1.807) is 30.1 Å². The van der Waals surface area contributed by atoms with E-state index < -0.39 is 0 Å². The second-order valence-electron chi connectivity index (χ2n) is 4.54. The molecule has 1 amide bonds. The molecule has 106 valence electrons. The van der Waals surface area contributed by atoms with E-state index in [4.69, 9.17) is 4.52 Å². The van der Waals surface area contributed by atoms with Crippen LogP contribution in [0.15, 0.2) is 41.1 Å². The lowest BCUT2D eigenvalue weighted by Crippen LogP contribution is -2.12.